The van der Waals surface area contributed by atoms with Gasteiger partial charge in [-0.3, -0.25) is 14.5 Å². The topological polar surface area (TPSA) is 171 Å². The molecule has 1 saturated heterocycles. The van der Waals surface area contributed by atoms with E-state index in [1.54, 1.807) is 47.4 Å². The van der Waals surface area contributed by atoms with Gasteiger partial charge in [-0.05, 0) is 25.1 Å². The quantitative estimate of drug-likeness (QED) is 0.353. The summed E-state index contributed by atoms with van der Waals surface area (Å²) in [6, 6.07) is 9.82. The number of aliphatic hydroxyl groups is 1. The molecule has 0 aliphatic carbocycles. The fraction of sp³-hybridized carbons (Fsp3) is 0.261. The van der Waals surface area contributed by atoms with Gasteiger partial charge in [0.2, 0.25) is 5.88 Å². The van der Waals surface area contributed by atoms with Crippen LogP contribution in [0.1, 0.15) is 6.92 Å². The minimum absolute atomic E-state index is 0.0891. The normalized spacial score (nSPS) is 18.9. The van der Waals surface area contributed by atoms with Crippen LogP contribution in [-0.4, -0.2) is 68.8 Å². The van der Waals surface area contributed by atoms with Crippen LogP contribution >= 0.6 is 0 Å². The van der Waals surface area contributed by atoms with Crippen molar-refractivity contribution in [3.05, 3.63) is 48.8 Å². The lowest BCUT2D eigenvalue weighted by atomic mass is 9.94. The number of nitrogens with two attached hydrogens (primary N) is 1. The Morgan fingerprint density at radius 2 is 2.14 bits per heavy atom. The summed E-state index contributed by atoms with van der Waals surface area (Å²) >= 11 is 0. The summed E-state index contributed by atoms with van der Waals surface area (Å²) in [7, 11) is 1.51. The van der Waals surface area contributed by atoms with Crippen LogP contribution < -0.4 is 20.7 Å². The zero-order chi connectivity index (χ0) is 25.4. The molecular formula is C23H23N7O6. The summed E-state index contributed by atoms with van der Waals surface area (Å²) < 4.78 is 17.4. The molecule has 5 rings (SSSR count). The van der Waals surface area contributed by atoms with E-state index in [-0.39, 0.29) is 19.0 Å². The van der Waals surface area contributed by atoms with Crippen molar-refractivity contribution in [3.63, 3.8) is 0 Å². The summed E-state index contributed by atoms with van der Waals surface area (Å²) in [4.78, 5) is 31.7. The van der Waals surface area contributed by atoms with Gasteiger partial charge in [-0.15, -0.1) is 5.10 Å². The minimum Gasteiger partial charge on any atom is -0.481 e. The summed E-state index contributed by atoms with van der Waals surface area (Å²) in [5, 5.41) is 22.2. The predicted octanol–water partition coefficient (Wildman–Crippen LogP) is 1.12. The Hall–Kier alpha value is -4.49. The van der Waals surface area contributed by atoms with Gasteiger partial charge in [0, 0.05) is 36.3 Å². The number of nitrogens with one attached hydrogen (secondary N) is 1. The van der Waals surface area contributed by atoms with E-state index >= 15 is 0 Å². The molecule has 13 nitrogen and oxygen atoms in total. The van der Waals surface area contributed by atoms with Crippen LogP contribution in [0.2, 0.25) is 0 Å². The Morgan fingerprint density at radius 1 is 1.31 bits per heavy atom. The second-order valence-corrected chi connectivity index (χ2v) is 8.26. The Bertz CT molecular complexity index is 1450. The van der Waals surface area contributed by atoms with Gasteiger partial charge in [-0.1, -0.05) is 5.16 Å². The van der Waals surface area contributed by atoms with Crippen molar-refractivity contribution in [2.45, 2.75) is 18.6 Å². The molecule has 1 unspecified atom stereocenters. The summed E-state index contributed by atoms with van der Waals surface area (Å²) in [6.07, 6.45) is 1.45. The Kier molecular flexibility index (Phi) is 5.78. The zero-order valence-electron chi connectivity index (χ0n) is 19.4. The number of hydrogen-bond donors (Lipinski definition) is 3. The first kappa shape index (κ1) is 23.3. The molecular weight excluding hydrogens is 470 g/mol. The average molecular weight is 493 g/mol. The lowest BCUT2D eigenvalue weighted by molar-refractivity contribution is -0.170. The number of methoxy groups -OCH3 is 1. The van der Waals surface area contributed by atoms with Gasteiger partial charge in [0.15, 0.2) is 28.9 Å². The highest BCUT2D eigenvalue weighted by molar-refractivity contribution is 6.06. The minimum atomic E-state index is -1.84. The van der Waals surface area contributed by atoms with Crippen molar-refractivity contribution in [3.8, 4) is 11.6 Å². The molecule has 1 aliphatic rings. The number of nitrogens with zero attached hydrogens (tertiary/aromatic N) is 5. The molecule has 13 heteroatoms. The molecule has 4 aromatic rings. The zero-order valence-corrected chi connectivity index (χ0v) is 19.4. The molecule has 4 heterocycles. The highest BCUT2D eigenvalue weighted by Crippen LogP contribution is 2.29. The van der Waals surface area contributed by atoms with Gasteiger partial charge in [-0.2, -0.15) is 0 Å². The van der Waals surface area contributed by atoms with E-state index in [1.165, 1.54) is 25.0 Å². The SMILES string of the molecule is COc1cc(-n2ccc(N3CCO[C@](C)(C(O)C(=O)Nc4ccc5c(N)noc5c4)C3=O)n2)ccn1. The number of hydrogen-bond acceptors (Lipinski definition) is 10. The van der Waals surface area contributed by atoms with Crippen molar-refractivity contribution in [2.24, 2.45) is 0 Å². The number of anilines is 3. The standard InChI is InChI=1S/C23H23N7O6/c1-23(19(31)21(32)26-13-3-4-15-16(11-13)36-28-20(15)24)22(33)29(9-10-35-23)17-6-8-30(27-17)14-5-7-25-18(12-14)34-2/h3-8,11-12,19,31H,9-10H2,1-2H3,(H2,24,28)(H,26,32)/t19?,23-/m1/s1. The first-order chi connectivity index (χ1) is 17.3. The number of fused-ring (bicyclic) bond motifs is 1. The maximum atomic E-state index is 13.4. The van der Waals surface area contributed by atoms with Crippen molar-refractivity contribution < 1.29 is 28.7 Å². The first-order valence-electron chi connectivity index (χ1n) is 11.0. The third kappa shape index (κ3) is 3.99. The van der Waals surface area contributed by atoms with Gasteiger partial charge in [0.1, 0.15) is 0 Å². The molecule has 4 N–H and O–H groups in total. The Morgan fingerprint density at radius 3 is 2.94 bits per heavy atom. The van der Waals surface area contributed by atoms with Crippen LogP contribution in [0.3, 0.4) is 0 Å². The third-order valence-corrected chi connectivity index (χ3v) is 5.97. The van der Waals surface area contributed by atoms with E-state index in [4.69, 9.17) is 19.7 Å². The molecule has 36 heavy (non-hydrogen) atoms. The van der Waals surface area contributed by atoms with E-state index < -0.39 is 23.5 Å². The molecule has 1 aliphatic heterocycles. The number of rotatable bonds is 6. The van der Waals surface area contributed by atoms with Crippen LogP contribution in [0, 0.1) is 0 Å². The largest absolute Gasteiger partial charge is 0.481 e. The van der Waals surface area contributed by atoms with Crippen molar-refractivity contribution >= 4 is 40.1 Å². The number of carbonyl (C=O) groups is 2. The van der Waals surface area contributed by atoms with Crippen molar-refractivity contribution in [1.82, 2.24) is 19.9 Å². The molecule has 0 radical (unpaired) electrons. The third-order valence-electron chi connectivity index (χ3n) is 5.97. The molecule has 0 spiro atoms. The van der Waals surface area contributed by atoms with Gasteiger partial charge in [0.25, 0.3) is 11.8 Å². The lowest BCUT2D eigenvalue weighted by Gasteiger charge is -2.40. The Labute approximate surface area is 204 Å². The number of nitrogen functional groups attached to an aromatic ring is 1. The number of aliphatic hydroxyl groups excluding tert-OH is 1. The van der Waals surface area contributed by atoms with Crippen molar-refractivity contribution in [1.29, 1.82) is 0 Å². The molecule has 2 atom stereocenters. The monoisotopic (exact) mass is 493 g/mol. The number of morpholine rings is 1. The predicted molar refractivity (Wildman–Crippen MR) is 128 cm³/mol. The summed E-state index contributed by atoms with van der Waals surface area (Å²) in [5.74, 6) is -0.450. The number of carbonyl (C=O) groups excluding carboxylic acids is 2. The summed E-state index contributed by atoms with van der Waals surface area (Å²) in [6.45, 7) is 1.66. The second-order valence-electron chi connectivity index (χ2n) is 8.26. The highest BCUT2D eigenvalue weighted by Gasteiger charge is 2.51. The van der Waals surface area contributed by atoms with Gasteiger partial charge < -0.3 is 30.2 Å². The first-order valence-corrected chi connectivity index (χ1v) is 11.0. The highest BCUT2D eigenvalue weighted by atomic mass is 16.5. The van der Waals surface area contributed by atoms with E-state index in [2.05, 4.69) is 20.6 Å². The van der Waals surface area contributed by atoms with E-state index in [0.717, 1.165) is 0 Å². The fourth-order valence-electron chi connectivity index (χ4n) is 3.95. The molecule has 3 aromatic heterocycles. The smallest absolute Gasteiger partial charge is 0.263 e. The summed E-state index contributed by atoms with van der Waals surface area (Å²) in [5.41, 5.74) is 5.25. The van der Waals surface area contributed by atoms with Gasteiger partial charge in [-0.25, -0.2) is 9.67 Å². The molecule has 0 bridgehead atoms. The van der Waals surface area contributed by atoms with Crippen LogP contribution in [0.25, 0.3) is 16.7 Å². The van der Waals surface area contributed by atoms with Crippen LogP contribution in [0.4, 0.5) is 17.3 Å². The Balaban J connectivity index is 1.34. The van der Waals surface area contributed by atoms with Gasteiger partial charge >= 0.3 is 0 Å². The maximum absolute atomic E-state index is 13.4. The molecule has 1 aromatic carbocycles. The van der Waals surface area contributed by atoms with Crippen LogP contribution in [0.5, 0.6) is 5.88 Å². The number of ether oxygens (including phenoxy) is 2. The number of pyridine rings is 1. The molecule has 0 saturated carbocycles. The fourth-order valence-corrected chi connectivity index (χ4v) is 3.95. The number of amides is 2. The van der Waals surface area contributed by atoms with E-state index in [1.807, 2.05) is 0 Å². The molecule has 1 fully saturated rings. The number of benzene rings is 1. The second kappa shape index (κ2) is 8.94. The average Bonchev–Trinajstić information content (AvgIpc) is 3.52. The van der Waals surface area contributed by atoms with Crippen LogP contribution in [0.15, 0.2) is 53.3 Å². The number of aromatic nitrogens is 4. The lowest BCUT2D eigenvalue weighted by Crippen LogP contribution is -2.63. The molecule has 2 amide bonds. The van der Waals surface area contributed by atoms with E-state index in [9.17, 15) is 14.7 Å². The van der Waals surface area contributed by atoms with Crippen molar-refractivity contribution in [2.75, 3.05) is 36.2 Å². The van der Waals surface area contributed by atoms with E-state index in [0.29, 0.717) is 34.0 Å². The molecule has 186 valence electrons. The maximum Gasteiger partial charge on any atom is 0.263 e. The van der Waals surface area contributed by atoms with Crippen LogP contribution in [-0.2, 0) is 14.3 Å². The van der Waals surface area contributed by atoms with Gasteiger partial charge in [0.05, 0.1) is 31.3 Å².